The summed E-state index contributed by atoms with van der Waals surface area (Å²) in [6, 6.07) is 15.1. The molecule has 1 amide bonds. The monoisotopic (exact) mass is 478 g/mol. The number of nitrogens with zero attached hydrogens (tertiary/aromatic N) is 6. The summed E-state index contributed by atoms with van der Waals surface area (Å²) in [7, 11) is 0. The molecule has 0 N–H and O–H groups in total. The van der Waals surface area contributed by atoms with E-state index in [1.807, 2.05) is 30.5 Å². The maximum Gasteiger partial charge on any atom is 0.300 e. The molecule has 0 radical (unpaired) electrons. The third-order valence-electron chi connectivity index (χ3n) is 4.99. The van der Waals surface area contributed by atoms with Crippen molar-refractivity contribution in [3.05, 3.63) is 94.1 Å². The highest BCUT2D eigenvalue weighted by Gasteiger charge is 2.26. The van der Waals surface area contributed by atoms with E-state index in [4.69, 9.17) is 11.6 Å². The number of benzene rings is 2. The zero-order valence-corrected chi connectivity index (χ0v) is 18.9. The van der Waals surface area contributed by atoms with Crippen LogP contribution in [0, 0.1) is 12.7 Å². The second-order valence-electron chi connectivity index (χ2n) is 7.25. The minimum atomic E-state index is -0.440. The number of hydrogen-bond acceptors (Lipinski definition) is 6. The summed E-state index contributed by atoms with van der Waals surface area (Å²) in [5.41, 5.74) is 2.95. The summed E-state index contributed by atoms with van der Waals surface area (Å²) >= 11 is 7.63. The fraction of sp³-hybridized carbons (Fsp3) is 0.0870. The molecule has 0 fully saturated rings. The molecule has 0 saturated heterocycles. The SMILES string of the molecule is Cc1ccnc2nc(C(=O)N(Cc3ccc(F)cc3)c3nc(-c4ccccc4Cl)cs3)nn12. The number of fused-ring (bicyclic) bond motifs is 1. The smallest absolute Gasteiger partial charge is 0.277 e. The Morgan fingerprint density at radius 2 is 1.91 bits per heavy atom. The van der Waals surface area contributed by atoms with Crippen LogP contribution in [-0.2, 0) is 6.54 Å². The zero-order valence-electron chi connectivity index (χ0n) is 17.3. The van der Waals surface area contributed by atoms with Crippen molar-refractivity contribution in [1.82, 2.24) is 24.6 Å². The number of anilines is 1. The molecule has 10 heteroatoms. The summed E-state index contributed by atoms with van der Waals surface area (Å²) in [5, 5.41) is 7.19. The van der Waals surface area contributed by atoms with Gasteiger partial charge in [0.15, 0.2) is 5.13 Å². The number of carbonyl (C=O) groups is 1. The van der Waals surface area contributed by atoms with Crippen molar-refractivity contribution in [1.29, 1.82) is 0 Å². The molecule has 3 heterocycles. The Morgan fingerprint density at radius 3 is 2.67 bits per heavy atom. The number of aromatic nitrogens is 5. The topological polar surface area (TPSA) is 76.3 Å². The van der Waals surface area contributed by atoms with Crippen LogP contribution >= 0.6 is 22.9 Å². The van der Waals surface area contributed by atoms with Crippen LogP contribution in [0.4, 0.5) is 9.52 Å². The minimum absolute atomic E-state index is 0.00611. The second kappa shape index (κ2) is 8.68. The Kier molecular flexibility index (Phi) is 5.57. The number of hydrogen-bond donors (Lipinski definition) is 0. The quantitative estimate of drug-likeness (QED) is 0.347. The van der Waals surface area contributed by atoms with Gasteiger partial charge in [-0.2, -0.15) is 4.98 Å². The van der Waals surface area contributed by atoms with E-state index in [1.165, 1.54) is 32.9 Å². The molecule has 0 aliphatic heterocycles. The molecule has 0 spiro atoms. The van der Waals surface area contributed by atoms with Gasteiger partial charge >= 0.3 is 0 Å². The van der Waals surface area contributed by atoms with Crippen LogP contribution in [0.2, 0.25) is 5.02 Å². The van der Waals surface area contributed by atoms with Crippen LogP contribution in [0.15, 0.2) is 66.2 Å². The molecule has 5 aromatic rings. The van der Waals surface area contributed by atoms with Crippen LogP contribution in [0.1, 0.15) is 21.9 Å². The van der Waals surface area contributed by atoms with Crippen LogP contribution in [0.25, 0.3) is 17.0 Å². The van der Waals surface area contributed by atoms with Crippen LogP contribution in [-0.4, -0.2) is 30.5 Å². The minimum Gasteiger partial charge on any atom is -0.277 e. The lowest BCUT2D eigenvalue weighted by molar-refractivity contribution is 0.0975. The van der Waals surface area contributed by atoms with Crippen molar-refractivity contribution in [2.45, 2.75) is 13.5 Å². The van der Waals surface area contributed by atoms with Gasteiger partial charge in [-0.3, -0.25) is 9.69 Å². The highest BCUT2D eigenvalue weighted by molar-refractivity contribution is 7.14. The van der Waals surface area contributed by atoms with Gasteiger partial charge in [-0.25, -0.2) is 18.9 Å². The highest BCUT2D eigenvalue weighted by Crippen LogP contribution is 2.33. The average molecular weight is 479 g/mol. The first-order chi connectivity index (χ1) is 16.0. The fourth-order valence-electron chi connectivity index (χ4n) is 3.30. The number of amides is 1. The molecule has 0 bridgehead atoms. The van der Waals surface area contributed by atoms with Crippen molar-refractivity contribution in [2.75, 3.05) is 4.90 Å². The average Bonchev–Trinajstić information content (AvgIpc) is 3.47. The predicted octanol–water partition coefficient (Wildman–Crippen LogP) is 5.20. The molecule has 3 aromatic heterocycles. The summed E-state index contributed by atoms with van der Waals surface area (Å²) in [6.45, 7) is 2.02. The van der Waals surface area contributed by atoms with Gasteiger partial charge in [0.05, 0.1) is 12.2 Å². The number of rotatable bonds is 5. The van der Waals surface area contributed by atoms with Crippen molar-refractivity contribution in [3.8, 4) is 11.3 Å². The zero-order chi connectivity index (χ0) is 22.9. The lowest BCUT2D eigenvalue weighted by Gasteiger charge is -2.18. The van der Waals surface area contributed by atoms with Crippen LogP contribution < -0.4 is 4.90 Å². The molecular formula is C23H16ClFN6OS. The molecule has 33 heavy (non-hydrogen) atoms. The molecule has 7 nitrogen and oxygen atoms in total. The van der Waals surface area contributed by atoms with Gasteiger partial charge in [0.1, 0.15) is 5.82 Å². The van der Waals surface area contributed by atoms with E-state index < -0.39 is 5.91 Å². The maximum absolute atomic E-state index is 13.5. The number of halogens is 2. The van der Waals surface area contributed by atoms with E-state index in [-0.39, 0.29) is 18.2 Å². The van der Waals surface area contributed by atoms with Crippen LogP contribution in [0.5, 0.6) is 0 Å². The van der Waals surface area contributed by atoms with E-state index in [9.17, 15) is 9.18 Å². The number of aryl methyl sites for hydroxylation is 1. The first-order valence-corrected chi connectivity index (χ1v) is 11.2. The Morgan fingerprint density at radius 1 is 1.12 bits per heavy atom. The third-order valence-corrected chi connectivity index (χ3v) is 6.19. The molecule has 5 rings (SSSR count). The van der Waals surface area contributed by atoms with E-state index in [1.54, 1.807) is 30.5 Å². The lowest BCUT2D eigenvalue weighted by Crippen LogP contribution is -2.31. The molecule has 164 valence electrons. The molecule has 0 unspecified atom stereocenters. The Balaban J connectivity index is 1.55. The highest BCUT2D eigenvalue weighted by atomic mass is 35.5. The van der Waals surface area contributed by atoms with Gasteiger partial charge in [-0.1, -0.05) is 41.9 Å². The van der Waals surface area contributed by atoms with E-state index in [0.29, 0.717) is 21.6 Å². The Bertz CT molecular complexity index is 1470. The largest absolute Gasteiger partial charge is 0.300 e. The van der Waals surface area contributed by atoms with Gasteiger partial charge in [0.25, 0.3) is 11.7 Å². The standard InChI is InChI=1S/C23H16ClFN6OS/c1-14-10-11-26-22-28-20(29-31(14)22)21(32)30(12-15-6-8-16(25)9-7-15)23-27-19(13-33-23)17-4-2-3-5-18(17)24/h2-11,13H,12H2,1H3. The normalized spacial score (nSPS) is 11.1. The second-order valence-corrected chi connectivity index (χ2v) is 8.49. The van der Waals surface area contributed by atoms with Gasteiger partial charge < -0.3 is 0 Å². The van der Waals surface area contributed by atoms with Crippen LogP contribution in [0.3, 0.4) is 0 Å². The number of carbonyl (C=O) groups excluding carboxylic acids is 1. The third kappa shape index (κ3) is 4.20. The summed E-state index contributed by atoms with van der Waals surface area (Å²) < 4.78 is 14.9. The van der Waals surface area contributed by atoms with Crippen molar-refractivity contribution in [2.24, 2.45) is 0 Å². The summed E-state index contributed by atoms with van der Waals surface area (Å²) in [6.07, 6.45) is 1.61. The van der Waals surface area contributed by atoms with Gasteiger partial charge in [0.2, 0.25) is 5.82 Å². The van der Waals surface area contributed by atoms with Gasteiger partial charge in [-0.15, -0.1) is 16.4 Å². The van der Waals surface area contributed by atoms with E-state index >= 15 is 0 Å². The van der Waals surface area contributed by atoms with Crippen molar-refractivity contribution < 1.29 is 9.18 Å². The summed E-state index contributed by atoms with van der Waals surface area (Å²) in [5.74, 6) is -0.468. The maximum atomic E-state index is 13.5. The lowest BCUT2D eigenvalue weighted by atomic mass is 10.2. The molecule has 0 aliphatic carbocycles. The molecule has 0 atom stereocenters. The summed E-state index contributed by atoms with van der Waals surface area (Å²) in [4.78, 5) is 28.1. The van der Waals surface area contributed by atoms with E-state index in [2.05, 4.69) is 20.1 Å². The predicted molar refractivity (Wildman–Crippen MR) is 125 cm³/mol. The van der Waals surface area contributed by atoms with Crippen molar-refractivity contribution >= 4 is 39.8 Å². The first-order valence-electron chi connectivity index (χ1n) is 9.95. The molecular weight excluding hydrogens is 463 g/mol. The molecule has 0 saturated carbocycles. The van der Waals surface area contributed by atoms with Gasteiger partial charge in [0, 0.05) is 27.9 Å². The molecule has 2 aromatic carbocycles. The number of thiazole rings is 1. The van der Waals surface area contributed by atoms with Gasteiger partial charge in [-0.05, 0) is 36.8 Å². The van der Waals surface area contributed by atoms with E-state index in [0.717, 1.165) is 16.8 Å². The first kappa shape index (κ1) is 21.2. The Labute approximate surface area is 197 Å². The Hall–Kier alpha value is -3.69. The molecule has 0 aliphatic rings. The van der Waals surface area contributed by atoms with Crippen molar-refractivity contribution in [3.63, 3.8) is 0 Å². The fourth-order valence-corrected chi connectivity index (χ4v) is 4.35.